The highest BCUT2D eigenvalue weighted by Crippen LogP contribution is 2.25. The van der Waals surface area contributed by atoms with Crippen molar-refractivity contribution in [3.05, 3.63) is 60.7 Å². The maximum atomic E-state index is 4.82. The fourth-order valence-corrected chi connectivity index (χ4v) is 3.00. The van der Waals surface area contributed by atoms with Gasteiger partial charge in [-0.1, -0.05) is 50.2 Å². The van der Waals surface area contributed by atoms with E-state index in [4.69, 9.17) is 4.98 Å². The van der Waals surface area contributed by atoms with E-state index in [0.29, 0.717) is 0 Å². The van der Waals surface area contributed by atoms with Crippen molar-refractivity contribution in [2.45, 2.75) is 26.7 Å². The first-order valence-corrected chi connectivity index (χ1v) is 8.53. The number of aromatic nitrogens is 1. The van der Waals surface area contributed by atoms with Gasteiger partial charge >= 0.3 is 0 Å². The summed E-state index contributed by atoms with van der Waals surface area (Å²) >= 11 is 0. The summed E-state index contributed by atoms with van der Waals surface area (Å²) in [7, 11) is 0. The second-order valence-corrected chi connectivity index (χ2v) is 5.93. The highest BCUT2D eigenvalue weighted by Gasteiger charge is 2.07. The molecule has 0 atom stereocenters. The summed E-state index contributed by atoms with van der Waals surface area (Å²) in [6, 6.07) is 21.3. The van der Waals surface area contributed by atoms with Crippen LogP contribution in [0.25, 0.3) is 22.2 Å². The molecular weight excluding hydrogens is 280 g/mol. The van der Waals surface area contributed by atoms with Crippen LogP contribution in [0.3, 0.4) is 0 Å². The Labute approximate surface area is 138 Å². The third-order valence-corrected chi connectivity index (χ3v) is 4.09. The van der Waals surface area contributed by atoms with Gasteiger partial charge in [0.05, 0.1) is 11.2 Å². The van der Waals surface area contributed by atoms with Gasteiger partial charge in [-0.3, -0.25) is 0 Å². The molecule has 0 N–H and O–H groups in total. The Morgan fingerprint density at radius 1 is 0.826 bits per heavy atom. The zero-order valence-electron chi connectivity index (χ0n) is 14.0. The van der Waals surface area contributed by atoms with Gasteiger partial charge in [0, 0.05) is 29.7 Å². The lowest BCUT2D eigenvalue weighted by Gasteiger charge is -2.24. The minimum Gasteiger partial charge on any atom is -0.372 e. The van der Waals surface area contributed by atoms with Crippen molar-refractivity contribution in [2.24, 2.45) is 0 Å². The average molecular weight is 304 g/mol. The first kappa shape index (κ1) is 15.5. The van der Waals surface area contributed by atoms with Gasteiger partial charge in [0.25, 0.3) is 0 Å². The molecule has 1 heterocycles. The smallest absolute Gasteiger partial charge is 0.0710 e. The molecule has 2 heteroatoms. The summed E-state index contributed by atoms with van der Waals surface area (Å²) in [4.78, 5) is 7.28. The number of hydrogen-bond acceptors (Lipinski definition) is 2. The Balaban J connectivity index is 1.96. The van der Waals surface area contributed by atoms with Gasteiger partial charge in [-0.05, 0) is 37.1 Å². The molecule has 0 unspecified atom stereocenters. The third kappa shape index (κ3) is 3.53. The van der Waals surface area contributed by atoms with Gasteiger partial charge in [0.15, 0.2) is 0 Å². The van der Waals surface area contributed by atoms with E-state index in [2.05, 4.69) is 73.3 Å². The summed E-state index contributed by atoms with van der Waals surface area (Å²) in [5.74, 6) is 0. The second-order valence-electron chi connectivity index (χ2n) is 5.93. The zero-order valence-corrected chi connectivity index (χ0v) is 14.0. The van der Waals surface area contributed by atoms with Crippen LogP contribution in [-0.2, 0) is 0 Å². The van der Waals surface area contributed by atoms with Crippen LogP contribution in [0.15, 0.2) is 60.7 Å². The molecule has 3 rings (SSSR count). The molecule has 0 aliphatic carbocycles. The Kier molecular flexibility index (Phi) is 4.92. The van der Waals surface area contributed by atoms with Crippen LogP contribution in [0.5, 0.6) is 0 Å². The summed E-state index contributed by atoms with van der Waals surface area (Å²) < 4.78 is 0. The molecule has 118 valence electrons. The van der Waals surface area contributed by atoms with Crippen LogP contribution < -0.4 is 4.90 Å². The molecule has 2 aromatic carbocycles. The van der Waals surface area contributed by atoms with Gasteiger partial charge in [-0.25, -0.2) is 4.98 Å². The quantitative estimate of drug-likeness (QED) is 0.595. The monoisotopic (exact) mass is 304 g/mol. The number of benzene rings is 2. The Hall–Kier alpha value is -2.35. The largest absolute Gasteiger partial charge is 0.372 e. The van der Waals surface area contributed by atoms with Crippen LogP contribution in [0.4, 0.5) is 5.69 Å². The number of hydrogen-bond donors (Lipinski definition) is 0. The lowest BCUT2D eigenvalue weighted by molar-refractivity contribution is 0.745. The Morgan fingerprint density at radius 2 is 1.61 bits per heavy atom. The molecule has 0 fully saturated rings. The van der Waals surface area contributed by atoms with Gasteiger partial charge < -0.3 is 4.90 Å². The van der Waals surface area contributed by atoms with Crippen LogP contribution in [0, 0.1) is 0 Å². The molecule has 0 saturated heterocycles. The van der Waals surface area contributed by atoms with Crippen molar-refractivity contribution in [3.8, 4) is 11.3 Å². The second kappa shape index (κ2) is 7.28. The summed E-state index contributed by atoms with van der Waals surface area (Å²) in [6.07, 6.45) is 2.33. The Morgan fingerprint density at radius 3 is 2.39 bits per heavy atom. The molecule has 0 spiro atoms. The van der Waals surface area contributed by atoms with Crippen molar-refractivity contribution in [2.75, 3.05) is 18.0 Å². The normalized spacial score (nSPS) is 10.9. The predicted molar refractivity (Wildman–Crippen MR) is 100.0 cm³/mol. The number of fused-ring (bicyclic) bond motifs is 1. The lowest BCUT2D eigenvalue weighted by atomic mass is 10.1. The molecule has 0 saturated carbocycles. The van der Waals surface area contributed by atoms with E-state index in [9.17, 15) is 0 Å². The maximum Gasteiger partial charge on any atom is 0.0710 e. The number of para-hydroxylation sites is 1. The highest BCUT2D eigenvalue weighted by molar-refractivity contribution is 5.81. The molecule has 0 bridgehead atoms. The molecule has 0 radical (unpaired) electrons. The first-order valence-electron chi connectivity index (χ1n) is 8.53. The van der Waals surface area contributed by atoms with Crippen LogP contribution in [0.2, 0.25) is 0 Å². The molecule has 2 nitrogen and oxygen atoms in total. The molecule has 23 heavy (non-hydrogen) atoms. The number of pyridine rings is 1. The average Bonchev–Trinajstić information content (AvgIpc) is 2.61. The molecule has 0 amide bonds. The van der Waals surface area contributed by atoms with E-state index in [1.54, 1.807) is 0 Å². The van der Waals surface area contributed by atoms with Crippen molar-refractivity contribution in [1.29, 1.82) is 0 Å². The lowest BCUT2D eigenvalue weighted by Crippen LogP contribution is -2.24. The number of nitrogens with zero attached hydrogens (tertiary/aromatic N) is 2. The van der Waals surface area contributed by atoms with Gasteiger partial charge in [0.1, 0.15) is 0 Å². The van der Waals surface area contributed by atoms with E-state index >= 15 is 0 Å². The van der Waals surface area contributed by atoms with E-state index in [-0.39, 0.29) is 0 Å². The number of anilines is 1. The van der Waals surface area contributed by atoms with E-state index in [1.807, 2.05) is 6.07 Å². The fourth-order valence-electron chi connectivity index (χ4n) is 3.00. The van der Waals surface area contributed by atoms with Crippen molar-refractivity contribution in [3.63, 3.8) is 0 Å². The number of rotatable bonds is 6. The van der Waals surface area contributed by atoms with Crippen molar-refractivity contribution < 1.29 is 0 Å². The van der Waals surface area contributed by atoms with Crippen LogP contribution >= 0.6 is 0 Å². The molecule has 3 aromatic rings. The van der Waals surface area contributed by atoms with E-state index in [0.717, 1.165) is 24.3 Å². The predicted octanol–water partition coefficient (Wildman–Crippen LogP) is 5.53. The van der Waals surface area contributed by atoms with Gasteiger partial charge in [-0.15, -0.1) is 0 Å². The zero-order chi connectivity index (χ0) is 16.1. The van der Waals surface area contributed by atoms with Crippen molar-refractivity contribution in [1.82, 2.24) is 4.98 Å². The molecule has 1 aromatic heterocycles. The van der Waals surface area contributed by atoms with Gasteiger partial charge in [0.2, 0.25) is 0 Å². The molecular formula is C21H24N2. The van der Waals surface area contributed by atoms with E-state index in [1.165, 1.54) is 29.5 Å². The summed E-state index contributed by atoms with van der Waals surface area (Å²) in [5, 5.41) is 1.19. The minimum atomic E-state index is 1.04. The standard InChI is InChI=1S/C21H24N2/c1-3-14-23(15-4-2)19-10-7-9-18(16-19)21-13-12-17-8-5-6-11-20(17)22-21/h5-13,16H,3-4,14-15H2,1-2H3. The third-order valence-electron chi connectivity index (χ3n) is 4.09. The topological polar surface area (TPSA) is 16.1 Å². The fraction of sp³-hybridized carbons (Fsp3) is 0.286. The molecule has 0 aliphatic rings. The van der Waals surface area contributed by atoms with E-state index < -0.39 is 0 Å². The van der Waals surface area contributed by atoms with Crippen molar-refractivity contribution >= 4 is 16.6 Å². The first-order chi connectivity index (χ1) is 11.3. The van der Waals surface area contributed by atoms with Crippen LogP contribution in [-0.4, -0.2) is 18.1 Å². The Bertz CT molecular complexity index is 773. The maximum absolute atomic E-state index is 4.82. The highest BCUT2D eigenvalue weighted by atomic mass is 15.1. The van der Waals surface area contributed by atoms with Crippen LogP contribution in [0.1, 0.15) is 26.7 Å². The minimum absolute atomic E-state index is 1.04. The summed E-state index contributed by atoms with van der Waals surface area (Å²) in [6.45, 7) is 6.67. The SMILES string of the molecule is CCCN(CCC)c1cccc(-c2ccc3ccccc3n2)c1. The molecule has 0 aliphatic heterocycles. The van der Waals surface area contributed by atoms with Gasteiger partial charge in [-0.2, -0.15) is 0 Å². The summed E-state index contributed by atoms with van der Waals surface area (Å²) in [5.41, 5.74) is 4.57.